The monoisotopic (exact) mass is 267 g/mol. The van der Waals surface area contributed by atoms with Crippen molar-refractivity contribution < 1.29 is 0 Å². The lowest BCUT2D eigenvalue weighted by atomic mass is 10.3. The van der Waals surface area contributed by atoms with Gasteiger partial charge in [0.1, 0.15) is 5.02 Å². The minimum atomic E-state index is 0.624. The molecule has 1 aliphatic heterocycles. The molecule has 0 radical (unpaired) electrons. The van der Waals surface area contributed by atoms with Crippen LogP contribution in [0.3, 0.4) is 0 Å². The van der Waals surface area contributed by atoms with Gasteiger partial charge in [-0.1, -0.05) is 11.6 Å². The highest BCUT2D eigenvalue weighted by Crippen LogP contribution is 2.30. The first-order valence-corrected chi connectivity index (χ1v) is 6.85. The number of anilines is 2. The Kier molecular flexibility index (Phi) is 3.26. The van der Waals surface area contributed by atoms with Gasteiger partial charge in [-0.2, -0.15) is 4.98 Å². The summed E-state index contributed by atoms with van der Waals surface area (Å²) in [5.74, 6) is 1.48. The van der Waals surface area contributed by atoms with Crippen LogP contribution >= 0.6 is 11.6 Å². The fraction of sp³-hybridized carbons (Fsp3) is 0.667. The van der Waals surface area contributed by atoms with Crippen molar-refractivity contribution in [1.29, 1.82) is 0 Å². The molecule has 0 spiro atoms. The zero-order valence-corrected chi connectivity index (χ0v) is 11.3. The molecule has 1 saturated heterocycles. The predicted octanol–water partition coefficient (Wildman–Crippen LogP) is 1.46. The van der Waals surface area contributed by atoms with Crippen molar-refractivity contribution in [2.24, 2.45) is 0 Å². The molecule has 0 atom stereocenters. The van der Waals surface area contributed by atoms with Gasteiger partial charge in [0.25, 0.3) is 0 Å². The molecule has 2 heterocycles. The van der Waals surface area contributed by atoms with Crippen molar-refractivity contribution in [2.75, 3.05) is 43.4 Å². The van der Waals surface area contributed by atoms with E-state index >= 15 is 0 Å². The zero-order chi connectivity index (χ0) is 12.5. The van der Waals surface area contributed by atoms with Gasteiger partial charge < -0.3 is 10.2 Å². The maximum atomic E-state index is 6.19. The Hall–Kier alpha value is -1.07. The molecule has 18 heavy (non-hydrogen) atoms. The molecule has 1 saturated carbocycles. The lowest BCUT2D eigenvalue weighted by Crippen LogP contribution is -2.47. The van der Waals surface area contributed by atoms with Crippen molar-refractivity contribution >= 4 is 23.4 Å². The molecule has 2 fully saturated rings. The normalized spacial score (nSPS) is 21.1. The highest BCUT2D eigenvalue weighted by atomic mass is 35.5. The summed E-state index contributed by atoms with van der Waals surface area (Å²) in [5, 5.41) is 3.59. The summed E-state index contributed by atoms with van der Waals surface area (Å²) in [5.41, 5.74) is 0. The molecule has 1 aromatic heterocycles. The summed E-state index contributed by atoms with van der Waals surface area (Å²) in [6.07, 6.45) is 4.42. The second-order valence-corrected chi connectivity index (χ2v) is 5.28. The van der Waals surface area contributed by atoms with Gasteiger partial charge in [-0.3, -0.25) is 4.90 Å². The van der Waals surface area contributed by atoms with Crippen molar-refractivity contribution in [3.8, 4) is 0 Å². The van der Waals surface area contributed by atoms with Crippen molar-refractivity contribution in [1.82, 2.24) is 14.9 Å². The maximum Gasteiger partial charge on any atom is 0.224 e. The quantitative estimate of drug-likeness (QED) is 0.898. The number of halogens is 1. The van der Waals surface area contributed by atoms with E-state index in [1.165, 1.54) is 12.8 Å². The highest BCUT2D eigenvalue weighted by Gasteiger charge is 2.31. The first-order chi connectivity index (χ1) is 8.78. The molecule has 1 N–H and O–H groups in total. The summed E-state index contributed by atoms with van der Waals surface area (Å²) in [4.78, 5) is 13.4. The van der Waals surface area contributed by atoms with E-state index in [0.717, 1.165) is 38.0 Å². The van der Waals surface area contributed by atoms with Crippen LogP contribution in [0.2, 0.25) is 5.02 Å². The van der Waals surface area contributed by atoms with Crippen LogP contribution in [0.4, 0.5) is 11.8 Å². The number of nitrogens with zero attached hydrogens (tertiary/aromatic N) is 4. The first kappa shape index (κ1) is 12.0. The van der Waals surface area contributed by atoms with Crippen LogP contribution in [0, 0.1) is 0 Å². The lowest BCUT2D eigenvalue weighted by molar-refractivity contribution is 0.247. The van der Waals surface area contributed by atoms with E-state index in [0.29, 0.717) is 11.0 Å². The Labute approximate surface area is 112 Å². The predicted molar refractivity (Wildman–Crippen MR) is 73.4 cm³/mol. The van der Waals surface area contributed by atoms with Gasteiger partial charge in [0.2, 0.25) is 5.95 Å². The van der Waals surface area contributed by atoms with Crippen molar-refractivity contribution in [3.63, 3.8) is 0 Å². The van der Waals surface area contributed by atoms with Crippen molar-refractivity contribution in [3.05, 3.63) is 11.2 Å². The smallest absolute Gasteiger partial charge is 0.224 e. The summed E-state index contributed by atoms with van der Waals surface area (Å²) < 4.78 is 0. The van der Waals surface area contributed by atoms with Gasteiger partial charge in [-0.25, -0.2) is 4.98 Å². The van der Waals surface area contributed by atoms with Gasteiger partial charge in [-0.15, -0.1) is 0 Å². The third-order valence-corrected chi connectivity index (χ3v) is 3.89. The number of aromatic nitrogens is 2. The summed E-state index contributed by atoms with van der Waals surface area (Å²) in [6, 6.07) is 0.848. The van der Waals surface area contributed by atoms with Crippen molar-refractivity contribution in [2.45, 2.75) is 18.9 Å². The zero-order valence-electron chi connectivity index (χ0n) is 10.6. The van der Waals surface area contributed by atoms with Gasteiger partial charge in [0.05, 0.1) is 6.20 Å². The topological polar surface area (TPSA) is 44.3 Å². The maximum absolute atomic E-state index is 6.19. The molecule has 5 nitrogen and oxygen atoms in total. The lowest BCUT2D eigenvalue weighted by Gasteiger charge is -2.35. The van der Waals surface area contributed by atoms with E-state index in [1.807, 2.05) is 7.05 Å². The van der Waals surface area contributed by atoms with E-state index in [4.69, 9.17) is 11.6 Å². The van der Waals surface area contributed by atoms with Crippen LogP contribution in [-0.2, 0) is 0 Å². The molecule has 0 unspecified atom stereocenters. The van der Waals surface area contributed by atoms with Gasteiger partial charge in [-0.05, 0) is 12.8 Å². The van der Waals surface area contributed by atoms with E-state index in [1.54, 1.807) is 6.20 Å². The molecule has 2 aliphatic rings. The Morgan fingerprint density at radius 1 is 1.28 bits per heavy atom. The minimum absolute atomic E-state index is 0.624. The first-order valence-electron chi connectivity index (χ1n) is 6.47. The fourth-order valence-electron chi connectivity index (χ4n) is 2.44. The second kappa shape index (κ2) is 4.90. The number of rotatable bonds is 3. The number of piperazine rings is 1. The minimum Gasteiger partial charge on any atom is -0.357 e. The Morgan fingerprint density at radius 3 is 2.61 bits per heavy atom. The SMILES string of the molecule is CNc1ncc(Cl)c(N2CCN(C3CC3)CC2)n1. The molecular formula is C12H18ClN5. The molecule has 1 aromatic rings. The van der Waals surface area contributed by atoms with Crippen LogP contribution in [0.5, 0.6) is 0 Å². The largest absolute Gasteiger partial charge is 0.357 e. The van der Waals surface area contributed by atoms with Crippen LogP contribution in [0.25, 0.3) is 0 Å². The fourth-order valence-corrected chi connectivity index (χ4v) is 2.65. The van der Waals surface area contributed by atoms with Gasteiger partial charge >= 0.3 is 0 Å². The molecule has 1 aliphatic carbocycles. The van der Waals surface area contributed by atoms with Crippen LogP contribution in [0.1, 0.15) is 12.8 Å². The molecule has 3 rings (SSSR count). The average molecular weight is 268 g/mol. The molecule has 0 amide bonds. The molecule has 98 valence electrons. The van der Waals surface area contributed by atoms with E-state index in [9.17, 15) is 0 Å². The third kappa shape index (κ3) is 2.37. The van der Waals surface area contributed by atoms with Gasteiger partial charge in [0, 0.05) is 39.3 Å². The molecular weight excluding hydrogens is 250 g/mol. The Morgan fingerprint density at radius 2 is 2.00 bits per heavy atom. The Balaban J connectivity index is 1.71. The summed E-state index contributed by atoms with van der Waals surface area (Å²) in [7, 11) is 1.82. The Bertz CT molecular complexity index is 426. The molecule has 6 heteroatoms. The summed E-state index contributed by atoms with van der Waals surface area (Å²) in [6.45, 7) is 4.21. The second-order valence-electron chi connectivity index (χ2n) is 4.87. The highest BCUT2D eigenvalue weighted by molar-refractivity contribution is 6.32. The van der Waals surface area contributed by atoms with E-state index in [2.05, 4.69) is 25.1 Å². The van der Waals surface area contributed by atoms with Crippen LogP contribution in [0.15, 0.2) is 6.20 Å². The molecule has 0 aromatic carbocycles. The standard InChI is InChI=1S/C12H18ClN5/c1-14-12-15-8-10(13)11(16-12)18-6-4-17(5-7-18)9-2-3-9/h8-9H,2-7H2,1H3,(H,14,15,16). The third-order valence-electron chi connectivity index (χ3n) is 3.63. The number of hydrogen-bond acceptors (Lipinski definition) is 5. The van der Waals surface area contributed by atoms with Crippen LogP contribution < -0.4 is 10.2 Å². The van der Waals surface area contributed by atoms with E-state index < -0.39 is 0 Å². The van der Waals surface area contributed by atoms with Crippen LogP contribution in [-0.4, -0.2) is 54.1 Å². The van der Waals surface area contributed by atoms with Gasteiger partial charge in [0.15, 0.2) is 5.82 Å². The number of nitrogens with one attached hydrogen (secondary N) is 1. The molecule has 0 bridgehead atoms. The average Bonchev–Trinajstić information content (AvgIpc) is 3.24. The number of hydrogen-bond donors (Lipinski definition) is 1. The summed E-state index contributed by atoms with van der Waals surface area (Å²) >= 11 is 6.19. The van der Waals surface area contributed by atoms with E-state index in [-0.39, 0.29) is 0 Å².